The first kappa shape index (κ1) is 20.2. The smallest absolute Gasteiger partial charge is 0.287 e. The van der Waals surface area contributed by atoms with Gasteiger partial charge in [-0.1, -0.05) is 31.2 Å². The lowest BCUT2D eigenvalue weighted by Crippen LogP contribution is -2.40. The molecule has 0 bridgehead atoms. The Kier molecular flexibility index (Phi) is 7.41. The molecule has 0 saturated carbocycles. The molecule has 26 heavy (non-hydrogen) atoms. The number of nitrogens with one attached hydrogen (secondary N) is 2. The Morgan fingerprint density at radius 1 is 1.12 bits per heavy atom. The van der Waals surface area contributed by atoms with E-state index < -0.39 is 5.91 Å². The maximum absolute atomic E-state index is 12.1. The molecule has 1 aromatic heterocycles. The number of halogens is 1. The number of carbonyl (C=O) groups excluding carboxylic acids is 2. The summed E-state index contributed by atoms with van der Waals surface area (Å²) >= 11 is 3.14. The maximum atomic E-state index is 12.1. The van der Waals surface area contributed by atoms with Crippen LogP contribution < -0.4 is 10.6 Å². The van der Waals surface area contributed by atoms with Crippen molar-refractivity contribution in [3.05, 3.63) is 58.0 Å². The van der Waals surface area contributed by atoms with Crippen LogP contribution >= 0.6 is 15.9 Å². The molecule has 0 radical (unpaired) electrons. The topological polar surface area (TPSA) is 74.6 Å². The molecular weight excluding hydrogens is 398 g/mol. The van der Waals surface area contributed by atoms with E-state index in [1.165, 1.54) is 5.56 Å². The minimum absolute atomic E-state index is 0.0570. The van der Waals surface area contributed by atoms with Crippen molar-refractivity contribution in [1.82, 2.24) is 15.5 Å². The van der Waals surface area contributed by atoms with Crippen LogP contribution in [0.3, 0.4) is 0 Å². The number of furan rings is 1. The number of amides is 2. The highest BCUT2D eigenvalue weighted by molar-refractivity contribution is 9.10. The van der Waals surface area contributed by atoms with Crippen molar-refractivity contribution in [2.24, 2.45) is 0 Å². The van der Waals surface area contributed by atoms with Crippen LogP contribution in [-0.4, -0.2) is 43.9 Å². The van der Waals surface area contributed by atoms with Crippen molar-refractivity contribution in [3.63, 3.8) is 0 Å². The zero-order chi connectivity index (χ0) is 19.1. The van der Waals surface area contributed by atoms with E-state index in [0.29, 0.717) is 11.2 Å². The SMILES string of the molecule is CCc1ccc(C(CNC(=O)CNC(=O)c2ccc(Br)o2)N(C)C)cc1. The van der Waals surface area contributed by atoms with Gasteiger partial charge in [0.05, 0.1) is 12.6 Å². The molecule has 7 heteroatoms. The summed E-state index contributed by atoms with van der Waals surface area (Å²) in [5, 5.41) is 5.41. The van der Waals surface area contributed by atoms with E-state index in [1.54, 1.807) is 12.1 Å². The zero-order valence-corrected chi connectivity index (χ0v) is 16.8. The van der Waals surface area contributed by atoms with Crippen LogP contribution in [0.1, 0.15) is 34.6 Å². The van der Waals surface area contributed by atoms with Crippen LogP contribution in [0.25, 0.3) is 0 Å². The first-order valence-electron chi connectivity index (χ1n) is 8.46. The quantitative estimate of drug-likeness (QED) is 0.686. The highest BCUT2D eigenvalue weighted by Gasteiger charge is 2.16. The Bertz CT molecular complexity index is 741. The van der Waals surface area contributed by atoms with E-state index in [4.69, 9.17) is 4.42 Å². The van der Waals surface area contributed by atoms with Crippen molar-refractivity contribution in [2.45, 2.75) is 19.4 Å². The summed E-state index contributed by atoms with van der Waals surface area (Å²) in [4.78, 5) is 26.0. The molecule has 0 aliphatic heterocycles. The third kappa shape index (κ3) is 5.71. The number of nitrogens with zero attached hydrogens (tertiary/aromatic N) is 1. The van der Waals surface area contributed by atoms with Crippen molar-refractivity contribution < 1.29 is 14.0 Å². The molecule has 2 amide bonds. The lowest BCUT2D eigenvalue weighted by Gasteiger charge is -2.25. The van der Waals surface area contributed by atoms with Gasteiger partial charge in [0.1, 0.15) is 0 Å². The Morgan fingerprint density at radius 2 is 1.81 bits per heavy atom. The number of aryl methyl sites for hydroxylation is 1. The fraction of sp³-hybridized carbons (Fsp3) is 0.368. The molecule has 0 aliphatic carbocycles. The van der Waals surface area contributed by atoms with Gasteiger partial charge in [-0.2, -0.15) is 0 Å². The molecule has 1 unspecified atom stereocenters. The van der Waals surface area contributed by atoms with Crippen molar-refractivity contribution in [2.75, 3.05) is 27.2 Å². The van der Waals surface area contributed by atoms with E-state index >= 15 is 0 Å². The van der Waals surface area contributed by atoms with Crippen molar-refractivity contribution in [3.8, 4) is 0 Å². The Balaban J connectivity index is 1.85. The van der Waals surface area contributed by atoms with Gasteiger partial charge >= 0.3 is 0 Å². The Labute approximate surface area is 162 Å². The number of likely N-dealkylation sites (N-methyl/N-ethyl adjacent to an activating group) is 1. The number of benzene rings is 1. The normalized spacial score (nSPS) is 12.0. The Morgan fingerprint density at radius 3 is 2.35 bits per heavy atom. The molecule has 2 rings (SSSR count). The van der Waals surface area contributed by atoms with Crippen LogP contribution in [0.2, 0.25) is 0 Å². The largest absolute Gasteiger partial charge is 0.444 e. The summed E-state index contributed by atoms with van der Waals surface area (Å²) < 4.78 is 5.62. The van der Waals surface area contributed by atoms with Gasteiger partial charge in [0.2, 0.25) is 5.91 Å². The number of carbonyl (C=O) groups is 2. The molecule has 2 N–H and O–H groups in total. The summed E-state index contributed by atoms with van der Waals surface area (Å²) in [6.45, 7) is 2.47. The lowest BCUT2D eigenvalue weighted by atomic mass is 10.0. The molecule has 0 saturated heterocycles. The summed E-state index contributed by atoms with van der Waals surface area (Å²) in [6, 6.07) is 11.6. The van der Waals surface area contributed by atoms with Crippen LogP contribution in [0.4, 0.5) is 0 Å². The summed E-state index contributed by atoms with van der Waals surface area (Å²) in [5.74, 6) is -0.516. The fourth-order valence-electron chi connectivity index (χ4n) is 2.53. The van der Waals surface area contributed by atoms with Gasteiger partial charge in [0.15, 0.2) is 10.4 Å². The summed E-state index contributed by atoms with van der Waals surface area (Å²) in [6.07, 6.45) is 0.996. The zero-order valence-electron chi connectivity index (χ0n) is 15.2. The van der Waals surface area contributed by atoms with Crippen LogP contribution in [0, 0.1) is 0 Å². The third-order valence-corrected chi connectivity index (χ3v) is 4.52. The summed E-state index contributed by atoms with van der Waals surface area (Å²) in [7, 11) is 3.95. The number of rotatable bonds is 8. The molecule has 1 atom stereocenters. The molecule has 1 aromatic carbocycles. The van der Waals surface area contributed by atoms with Gasteiger partial charge in [-0.05, 0) is 59.7 Å². The standard InChI is InChI=1S/C19H24BrN3O3/c1-4-13-5-7-14(8-6-13)15(23(2)3)11-21-18(24)12-22-19(25)16-9-10-17(20)26-16/h5-10,15H,4,11-12H2,1-3H3,(H,21,24)(H,22,25). The van der Waals surface area contributed by atoms with Gasteiger partial charge in [-0.15, -0.1) is 0 Å². The number of hydrogen-bond acceptors (Lipinski definition) is 4. The highest BCUT2D eigenvalue weighted by atomic mass is 79.9. The van der Waals surface area contributed by atoms with Gasteiger partial charge in [-0.25, -0.2) is 0 Å². The Hall–Kier alpha value is -2.12. The average molecular weight is 422 g/mol. The summed E-state index contributed by atoms with van der Waals surface area (Å²) in [5.41, 5.74) is 2.42. The van der Waals surface area contributed by atoms with E-state index in [9.17, 15) is 9.59 Å². The minimum atomic E-state index is -0.426. The highest BCUT2D eigenvalue weighted by Crippen LogP contribution is 2.18. The fourth-order valence-corrected chi connectivity index (χ4v) is 2.84. The molecule has 140 valence electrons. The van der Waals surface area contributed by atoms with Gasteiger partial charge in [0, 0.05) is 6.54 Å². The van der Waals surface area contributed by atoms with Gasteiger partial charge < -0.3 is 20.0 Å². The van der Waals surface area contributed by atoms with Gasteiger partial charge in [-0.3, -0.25) is 9.59 Å². The molecule has 1 heterocycles. The molecule has 6 nitrogen and oxygen atoms in total. The second-order valence-electron chi connectivity index (χ2n) is 6.17. The molecule has 0 spiro atoms. The molecule has 0 fully saturated rings. The van der Waals surface area contributed by atoms with Crippen LogP contribution in [0.5, 0.6) is 0 Å². The van der Waals surface area contributed by atoms with Gasteiger partial charge in [0.25, 0.3) is 5.91 Å². The predicted octanol–water partition coefficient (Wildman–Crippen LogP) is 2.75. The van der Waals surface area contributed by atoms with E-state index in [-0.39, 0.29) is 24.3 Å². The molecule has 2 aromatic rings. The predicted molar refractivity (Wildman–Crippen MR) is 104 cm³/mol. The first-order chi connectivity index (χ1) is 12.4. The van der Waals surface area contributed by atoms with E-state index in [2.05, 4.69) is 62.7 Å². The average Bonchev–Trinajstić information content (AvgIpc) is 3.06. The van der Waals surface area contributed by atoms with Crippen LogP contribution in [0.15, 0.2) is 45.5 Å². The second-order valence-corrected chi connectivity index (χ2v) is 6.95. The van der Waals surface area contributed by atoms with Crippen molar-refractivity contribution >= 4 is 27.7 Å². The van der Waals surface area contributed by atoms with E-state index in [1.807, 2.05) is 14.1 Å². The molecule has 0 aliphatic rings. The maximum Gasteiger partial charge on any atom is 0.287 e. The monoisotopic (exact) mass is 421 g/mol. The first-order valence-corrected chi connectivity index (χ1v) is 9.25. The minimum Gasteiger partial charge on any atom is -0.444 e. The lowest BCUT2D eigenvalue weighted by molar-refractivity contribution is -0.120. The number of hydrogen-bond donors (Lipinski definition) is 2. The second kappa shape index (κ2) is 9.54. The van der Waals surface area contributed by atoms with Crippen LogP contribution in [-0.2, 0) is 11.2 Å². The molecular formula is C19H24BrN3O3. The van der Waals surface area contributed by atoms with E-state index in [0.717, 1.165) is 12.0 Å². The van der Waals surface area contributed by atoms with Crippen molar-refractivity contribution in [1.29, 1.82) is 0 Å². The third-order valence-electron chi connectivity index (χ3n) is 4.10.